The lowest BCUT2D eigenvalue weighted by Crippen LogP contribution is -2.43. The van der Waals surface area contributed by atoms with Crippen molar-refractivity contribution in [3.63, 3.8) is 0 Å². The predicted octanol–water partition coefficient (Wildman–Crippen LogP) is 3.70. The fourth-order valence-corrected chi connectivity index (χ4v) is 4.05. The number of hydrogen-bond donors (Lipinski definition) is 1. The van der Waals surface area contributed by atoms with Crippen LogP contribution >= 0.6 is 0 Å². The van der Waals surface area contributed by atoms with E-state index < -0.39 is 17.6 Å². The highest BCUT2D eigenvalue weighted by Crippen LogP contribution is 2.49. The van der Waals surface area contributed by atoms with Crippen molar-refractivity contribution in [2.45, 2.75) is 31.5 Å². The Morgan fingerprint density at radius 2 is 2.04 bits per heavy atom. The van der Waals surface area contributed by atoms with Crippen molar-refractivity contribution in [2.24, 2.45) is 0 Å². The standard InChI is InChI=1S/C22H20O6/c1-22(2)7-6-11-15(28-22)5-4-12-20(24)19-13-8-14(23)17(25-3)9-16(13)26-10-18(19)27-21(11)12/h4-9,18-19,23H,10H2,1-3H3/t18-,19+/m1/s1. The molecule has 0 saturated heterocycles. The summed E-state index contributed by atoms with van der Waals surface area (Å²) in [5.41, 5.74) is 1.48. The second-order valence-electron chi connectivity index (χ2n) is 7.76. The summed E-state index contributed by atoms with van der Waals surface area (Å²) in [5.74, 6) is 1.42. The number of aromatic hydroxyl groups is 1. The van der Waals surface area contributed by atoms with Gasteiger partial charge in [0.05, 0.1) is 24.2 Å². The van der Waals surface area contributed by atoms with Gasteiger partial charge in [0.15, 0.2) is 17.3 Å². The van der Waals surface area contributed by atoms with Crippen LogP contribution in [0.15, 0.2) is 30.3 Å². The molecule has 0 unspecified atom stereocenters. The summed E-state index contributed by atoms with van der Waals surface area (Å²) in [6, 6.07) is 6.70. The topological polar surface area (TPSA) is 74.2 Å². The quantitative estimate of drug-likeness (QED) is 0.813. The lowest BCUT2D eigenvalue weighted by molar-refractivity contribution is 0.0553. The Balaban J connectivity index is 1.61. The fraction of sp³-hybridized carbons (Fsp3) is 0.318. The number of ether oxygens (including phenoxy) is 4. The highest BCUT2D eigenvalue weighted by Gasteiger charge is 2.44. The molecule has 3 aliphatic rings. The number of phenolic OH excluding ortho intramolecular Hbond substituents is 1. The maximum Gasteiger partial charge on any atom is 0.178 e. The van der Waals surface area contributed by atoms with Crippen molar-refractivity contribution in [2.75, 3.05) is 13.7 Å². The number of fused-ring (bicyclic) bond motifs is 6. The first-order chi connectivity index (χ1) is 13.4. The average Bonchev–Trinajstić information content (AvgIpc) is 2.66. The predicted molar refractivity (Wildman–Crippen MR) is 102 cm³/mol. The molecule has 144 valence electrons. The molecule has 28 heavy (non-hydrogen) atoms. The van der Waals surface area contributed by atoms with Gasteiger partial charge in [-0.3, -0.25) is 4.79 Å². The molecule has 0 spiro atoms. The van der Waals surface area contributed by atoms with Gasteiger partial charge >= 0.3 is 0 Å². The third-order valence-corrected chi connectivity index (χ3v) is 5.42. The van der Waals surface area contributed by atoms with Crippen molar-refractivity contribution in [1.29, 1.82) is 0 Å². The van der Waals surface area contributed by atoms with Crippen LogP contribution in [0.4, 0.5) is 0 Å². The van der Waals surface area contributed by atoms with Crippen molar-refractivity contribution in [1.82, 2.24) is 0 Å². The molecule has 0 aromatic heterocycles. The van der Waals surface area contributed by atoms with Gasteiger partial charge in [-0.15, -0.1) is 0 Å². The van der Waals surface area contributed by atoms with Crippen LogP contribution in [0.5, 0.6) is 28.7 Å². The van der Waals surface area contributed by atoms with Crippen LogP contribution in [0.2, 0.25) is 0 Å². The molecule has 2 aromatic carbocycles. The molecule has 0 saturated carbocycles. The molecule has 2 atom stereocenters. The van der Waals surface area contributed by atoms with Gasteiger partial charge in [0.1, 0.15) is 35.6 Å². The van der Waals surface area contributed by atoms with E-state index in [0.717, 1.165) is 5.56 Å². The fourth-order valence-electron chi connectivity index (χ4n) is 4.05. The summed E-state index contributed by atoms with van der Waals surface area (Å²) in [7, 11) is 1.47. The van der Waals surface area contributed by atoms with E-state index in [9.17, 15) is 9.90 Å². The molecule has 2 aromatic rings. The Morgan fingerprint density at radius 1 is 1.21 bits per heavy atom. The molecule has 3 aliphatic heterocycles. The van der Waals surface area contributed by atoms with Crippen molar-refractivity contribution in [3.05, 3.63) is 47.0 Å². The van der Waals surface area contributed by atoms with E-state index in [1.54, 1.807) is 12.1 Å². The summed E-state index contributed by atoms with van der Waals surface area (Å²) in [6.45, 7) is 4.18. The maximum atomic E-state index is 13.4. The minimum absolute atomic E-state index is 0.0342. The number of hydrogen-bond acceptors (Lipinski definition) is 6. The molecule has 6 nitrogen and oxygen atoms in total. The largest absolute Gasteiger partial charge is 0.504 e. The van der Waals surface area contributed by atoms with Gasteiger partial charge < -0.3 is 24.1 Å². The van der Waals surface area contributed by atoms with Gasteiger partial charge in [-0.1, -0.05) is 0 Å². The number of carbonyl (C=O) groups excluding carboxylic acids is 1. The molecule has 0 radical (unpaired) electrons. The van der Waals surface area contributed by atoms with E-state index in [4.69, 9.17) is 18.9 Å². The Labute approximate surface area is 162 Å². The van der Waals surface area contributed by atoms with Crippen LogP contribution in [-0.4, -0.2) is 36.3 Å². The summed E-state index contributed by atoms with van der Waals surface area (Å²) in [5, 5.41) is 10.2. The van der Waals surface area contributed by atoms with Crippen LogP contribution in [0, 0.1) is 0 Å². The first-order valence-electron chi connectivity index (χ1n) is 9.18. The van der Waals surface area contributed by atoms with E-state index in [1.807, 2.05) is 32.1 Å². The van der Waals surface area contributed by atoms with Crippen molar-refractivity contribution in [3.8, 4) is 28.7 Å². The Morgan fingerprint density at radius 3 is 2.82 bits per heavy atom. The van der Waals surface area contributed by atoms with Gasteiger partial charge in [0.2, 0.25) is 0 Å². The van der Waals surface area contributed by atoms with Crippen molar-refractivity contribution >= 4 is 11.9 Å². The van der Waals surface area contributed by atoms with Crippen molar-refractivity contribution < 1.29 is 28.8 Å². The Hall–Kier alpha value is -3.15. The Bertz CT molecular complexity index is 1040. The first-order valence-corrected chi connectivity index (χ1v) is 9.18. The van der Waals surface area contributed by atoms with E-state index in [0.29, 0.717) is 34.1 Å². The van der Waals surface area contributed by atoms with Gasteiger partial charge in [-0.25, -0.2) is 0 Å². The van der Waals surface area contributed by atoms with Crippen LogP contribution in [0.1, 0.15) is 41.3 Å². The number of phenols is 1. The molecule has 5 rings (SSSR count). The zero-order chi connectivity index (χ0) is 19.6. The van der Waals surface area contributed by atoms with Gasteiger partial charge in [0, 0.05) is 11.6 Å². The average molecular weight is 380 g/mol. The van der Waals surface area contributed by atoms with Crippen LogP contribution in [0.25, 0.3) is 6.08 Å². The smallest absolute Gasteiger partial charge is 0.178 e. The highest BCUT2D eigenvalue weighted by atomic mass is 16.5. The second-order valence-corrected chi connectivity index (χ2v) is 7.76. The summed E-state index contributed by atoms with van der Waals surface area (Å²) in [4.78, 5) is 13.4. The molecular formula is C22H20O6. The van der Waals surface area contributed by atoms with Gasteiger partial charge in [-0.2, -0.15) is 0 Å². The number of methoxy groups -OCH3 is 1. The molecule has 0 amide bonds. The van der Waals surface area contributed by atoms with E-state index in [-0.39, 0.29) is 18.1 Å². The second kappa shape index (κ2) is 5.67. The normalized spacial score (nSPS) is 23.2. The lowest BCUT2D eigenvalue weighted by atomic mass is 9.81. The Kier molecular flexibility index (Phi) is 3.44. The molecule has 6 heteroatoms. The van der Waals surface area contributed by atoms with E-state index in [1.165, 1.54) is 13.2 Å². The minimum atomic E-state index is -0.545. The highest BCUT2D eigenvalue weighted by molar-refractivity contribution is 6.06. The van der Waals surface area contributed by atoms with E-state index in [2.05, 4.69) is 0 Å². The van der Waals surface area contributed by atoms with Crippen LogP contribution in [-0.2, 0) is 0 Å². The number of Topliss-reactive ketones (excluding diaryl/α,β-unsaturated/α-hetero) is 1. The zero-order valence-electron chi connectivity index (χ0n) is 15.8. The molecule has 0 bridgehead atoms. The molecule has 0 aliphatic carbocycles. The first kappa shape index (κ1) is 17.0. The van der Waals surface area contributed by atoms with Gasteiger partial charge in [0.25, 0.3) is 0 Å². The van der Waals surface area contributed by atoms with Gasteiger partial charge in [-0.05, 0) is 44.2 Å². The zero-order valence-corrected chi connectivity index (χ0v) is 15.8. The number of benzene rings is 2. The molecule has 3 heterocycles. The maximum absolute atomic E-state index is 13.4. The third kappa shape index (κ3) is 2.37. The monoisotopic (exact) mass is 380 g/mol. The number of carbonyl (C=O) groups is 1. The third-order valence-electron chi connectivity index (χ3n) is 5.42. The molecular weight excluding hydrogens is 360 g/mol. The van der Waals surface area contributed by atoms with Crippen LogP contribution < -0.4 is 18.9 Å². The summed E-state index contributed by atoms with van der Waals surface area (Å²) in [6.07, 6.45) is 3.42. The number of rotatable bonds is 1. The summed E-state index contributed by atoms with van der Waals surface area (Å²) < 4.78 is 23.2. The molecule has 1 N–H and O–H groups in total. The minimum Gasteiger partial charge on any atom is -0.504 e. The van der Waals surface area contributed by atoms with Crippen LogP contribution in [0.3, 0.4) is 0 Å². The number of ketones is 1. The van der Waals surface area contributed by atoms with E-state index >= 15 is 0 Å². The SMILES string of the molecule is COc1cc2c(cc1O)[C@@H]1C(=O)c3ccc4c(c3O[C@@H]1CO2)C=CC(C)(C)O4. The lowest BCUT2D eigenvalue weighted by Gasteiger charge is -2.38. The molecule has 0 fully saturated rings. The summed E-state index contributed by atoms with van der Waals surface area (Å²) >= 11 is 0.